The summed E-state index contributed by atoms with van der Waals surface area (Å²) in [7, 11) is 0. The molecular weight excluding hydrogens is 353 g/mol. The van der Waals surface area contributed by atoms with Gasteiger partial charge in [-0.05, 0) is 60.8 Å². The van der Waals surface area contributed by atoms with Crippen molar-refractivity contribution in [3.8, 4) is 0 Å². The average Bonchev–Trinajstić information content (AvgIpc) is 2.47. The van der Waals surface area contributed by atoms with E-state index in [4.69, 9.17) is 11.6 Å². The summed E-state index contributed by atoms with van der Waals surface area (Å²) in [6.07, 6.45) is 1.60. The Bertz CT molecular complexity index is 603. The molecule has 4 heteroatoms. The third kappa shape index (κ3) is 4.80. The minimum absolute atomic E-state index is 0.0652. The van der Waals surface area contributed by atoms with Crippen LogP contribution in [0.15, 0.2) is 46.9 Å². The topological polar surface area (TPSA) is 12.0 Å². The van der Waals surface area contributed by atoms with Crippen LogP contribution in [0, 0.1) is 5.82 Å². The monoisotopic (exact) mass is 369 g/mol. The molecule has 21 heavy (non-hydrogen) atoms. The van der Waals surface area contributed by atoms with Crippen molar-refractivity contribution in [1.29, 1.82) is 0 Å². The molecule has 0 saturated carbocycles. The molecule has 0 radical (unpaired) electrons. The summed E-state index contributed by atoms with van der Waals surface area (Å²) in [6, 6.07) is 12.9. The summed E-state index contributed by atoms with van der Waals surface area (Å²) < 4.78 is 15.0. The van der Waals surface area contributed by atoms with E-state index in [0.29, 0.717) is 17.0 Å². The Labute approximate surface area is 138 Å². The van der Waals surface area contributed by atoms with Crippen LogP contribution in [0.4, 0.5) is 4.39 Å². The SMILES string of the molecule is CCCNC(Cc1cc(Cl)ccc1F)c1cccc(Br)c1. The van der Waals surface area contributed by atoms with Gasteiger partial charge in [-0.1, -0.05) is 46.6 Å². The normalized spacial score (nSPS) is 12.4. The van der Waals surface area contributed by atoms with E-state index in [2.05, 4.69) is 40.3 Å². The highest BCUT2D eigenvalue weighted by molar-refractivity contribution is 9.10. The average molecular weight is 371 g/mol. The van der Waals surface area contributed by atoms with E-state index in [-0.39, 0.29) is 11.9 Å². The second kappa shape index (κ2) is 7.92. The summed E-state index contributed by atoms with van der Waals surface area (Å²) >= 11 is 9.47. The number of nitrogens with one attached hydrogen (secondary N) is 1. The summed E-state index contributed by atoms with van der Waals surface area (Å²) in [5, 5.41) is 4.04. The molecule has 0 fully saturated rings. The summed E-state index contributed by atoms with van der Waals surface area (Å²) in [5.41, 5.74) is 1.77. The van der Waals surface area contributed by atoms with Crippen molar-refractivity contribution >= 4 is 27.5 Å². The molecule has 1 N–H and O–H groups in total. The summed E-state index contributed by atoms with van der Waals surface area (Å²) in [4.78, 5) is 0. The van der Waals surface area contributed by atoms with Gasteiger partial charge in [-0.25, -0.2) is 4.39 Å². The minimum Gasteiger partial charge on any atom is -0.310 e. The molecule has 0 saturated heterocycles. The van der Waals surface area contributed by atoms with Crippen LogP contribution >= 0.6 is 27.5 Å². The molecule has 1 nitrogen and oxygen atoms in total. The van der Waals surface area contributed by atoms with Crippen molar-refractivity contribution < 1.29 is 4.39 Å². The lowest BCUT2D eigenvalue weighted by Gasteiger charge is -2.20. The van der Waals surface area contributed by atoms with Gasteiger partial charge in [0.2, 0.25) is 0 Å². The van der Waals surface area contributed by atoms with Gasteiger partial charge in [0.25, 0.3) is 0 Å². The molecular formula is C17H18BrClFN. The van der Waals surface area contributed by atoms with Crippen LogP contribution < -0.4 is 5.32 Å². The first-order chi connectivity index (χ1) is 10.1. The van der Waals surface area contributed by atoms with Crippen LogP contribution in [0.25, 0.3) is 0 Å². The van der Waals surface area contributed by atoms with Crippen LogP contribution in [0.1, 0.15) is 30.5 Å². The van der Waals surface area contributed by atoms with E-state index >= 15 is 0 Å². The van der Waals surface area contributed by atoms with E-state index in [0.717, 1.165) is 23.0 Å². The van der Waals surface area contributed by atoms with Gasteiger partial charge in [-0.15, -0.1) is 0 Å². The van der Waals surface area contributed by atoms with Gasteiger partial charge in [0.1, 0.15) is 5.82 Å². The Kier molecular flexibility index (Phi) is 6.22. The predicted octanol–water partition coefficient (Wildman–Crippen LogP) is 5.53. The fourth-order valence-corrected chi connectivity index (χ4v) is 2.88. The molecule has 0 amide bonds. The number of hydrogen-bond acceptors (Lipinski definition) is 1. The summed E-state index contributed by atoms with van der Waals surface area (Å²) in [5.74, 6) is -0.210. The Morgan fingerprint density at radius 1 is 1.24 bits per heavy atom. The van der Waals surface area contributed by atoms with E-state index in [1.165, 1.54) is 6.07 Å². The molecule has 0 bridgehead atoms. The molecule has 0 aliphatic carbocycles. The van der Waals surface area contributed by atoms with E-state index in [1.54, 1.807) is 12.1 Å². The van der Waals surface area contributed by atoms with Gasteiger partial charge in [-0.2, -0.15) is 0 Å². The fourth-order valence-electron chi connectivity index (χ4n) is 2.27. The first kappa shape index (κ1) is 16.5. The van der Waals surface area contributed by atoms with Crippen LogP contribution in [0.5, 0.6) is 0 Å². The quantitative estimate of drug-likeness (QED) is 0.705. The van der Waals surface area contributed by atoms with Gasteiger partial charge in [-0.3, -0.25) is 0 Å². The molecule has 0 aromatic heterocycles. The number of halogens is 3. The van der Waals surface area contributed by atoms with E-state index in [9.17, 15) is 4.39 Å². The molecule has 2 aromatic rings. The van der Waals surface area contributed by atoms with Crippen molar-refractivity contribution in [2.24, 2.45) is 0 Å². The number of hydrogen-bond donors (Lipinski definition) is 1. The maximum atomic E-state index is 14.0. The van der Waals surface area contributed by atoms with Crippen LogP contribution in [0.3, 0.4) is 0 Å². The first-order valence-corrected chi connectivity index (χ1v) is 8.20. The van der Waals surface area contributed by atoms with Gasteiger partial charge in [0.15, 0.2) is 0 Å². The molecule has 1 unspecified atom stereocenters. The largest absolute Gasteiger partial charge is 0.310 e. The number of benzene rings is 2. The zero-order valence-corrected chi connectivity index (χ0v) is 14.2. The maximum absolute atomic E-state index is 14.0. The molecule has 0 heterocycles. The van der Waals surface area contributed by atoms with Crippen molar-refractivity contribution in [3.63, 3.8) is 0 Å². The Hall–Kier alpha value is -0.900. The molecule has 2 aromatic carbocycles. The van der Waals surface area contributed by atoms with Crippen LogP contribution in [-0.2, 0) is 6.42 Å². The van der Waals surface area contributed by atoms with Crippen molar-refractivity contribution in [2.75, 3.05) is 6.54 Å². The van der Waals surface area contributed by atoms with Crippen LogP contribution in [0.2, 0.25) is 5.02 Å². The van der Waals surface area contributed by atoms with E-state index in [1.807, 2.05) is 12.1 Å². The third-order valence-corrected chi connectivity index (χ3v) is 4.05. The zero-order chi connectivity index (χ0) is 15.2. The molecule has 0 spiro atoms. The third-order valence-electron chi connectivity index (χ3n) is 3.32. The standard InChI is InChI=1S/C17H18BrClFN/c1-2-8-21-17(12-4-3-5-14(18)9-12)11-13-10-15(19)6-7-16(13)20/h3-7,9-10,17,21H,2,8,11H2,1H3. The van der Waals surface area contributed by atoms with Crippen molar-refractivity contribution in [3.05, 3.63) is 68.9 Å². The van der Waals surface area contributed by atoms with Gasteiger partial charge < -0.3 is 5.32 Å². The van der Waals surface area contributed by atoms with Crippen molar-refractivity contribution in [2.45, 2.75) is 25.8 Å². The molecule has 0 aliphatic heterocycles. The Morgan fingerprint density at radius 3 is 2.76 bits per heavy atom. The Balaban J connectivity index is 2.25. The predicted molar refractivity (Wildman–Crippen MR) is 90.3 cm³/mol. The molecule has 0 aliphatic rings. The fraction of sp³-hybridized carbons (Fsp3) is 0.294. The maximum Gasteiger partial charge on any atom is 0.126 e. The first-order valence-electron chi connectivity index (χ1n) is 7.03. The van der Waals surface area contributed by atoms with Gasteiger partial charge in [0, 0.05) is 15.5 Å². The highest BCUT2D eigenvalue weighted by atomic mass is 79.9. The van der Waals surface area contributed by atoms with Gasteiger partial charge in [0.05, 0.1) is 0 Å². The molecule has 2 rings (SSSR count). The highest BCUT2D eigenvalue weighted by Gasteiger charge is 2.14. The van der Waals surface area contributed by atoms with Crippen LogP contribution in [-0.4, -0.2) is 6.54 Å². The lowest BCUT2D eigenvalue weighted by molar-refractivity contribution is 0.513. The number of rotatable bonds is 6. The lowest BCUT2D eigenvalue weighted by Crippen LogP contribution is -2.24. The summed E-state index contributed by atoms with van der Waals surface area (Å²) in [6.45, 7) is 3.00. The second-order valence-electron chi connectivity index (χ2n) is 5.00. The minimum atomic E-state index is -0.210. The van der Waals surface area contributed by atoms with Crippen molar-refractivity contribution in [1.82, 2.24) is 5.32 Å². The van der Waals surface area contributed by atoms with Gasteiger partial charge >= 0.3 is 0 Å². The molecule has 1 atom stereocenters. The second-order valence-corrected chi connectivity index (χ2v) is 6.35. The Morgan fingerprint density at radius 2 is 2.05 bits per heavy atom. The zero-order valence-electron chi connectivity index (χ0n) is 11.9. The smallest absolute Gasteiger partial charge is 0.126 e. The lowest BCUT2D eigenvalue weighted by atomic mass is 9.98. The van der Waals surface area contributed by atoms with E-state index < -0.39 is 0 Å². The highest BCUT2D eigenvalue weighted by Crippen LogP contribution is 2.24. The molecule has 112 valence electrons.